The summed E-state index contributed by atoms with van der Waals surface area (Å²) < 4.78 is 0. The number of carbonyl (C=O) groups is 3. The van der Waals surface area contributed by atoms with Gasteiger partial charge in [-0.1, -0.05) is 19.8 Å². The van der Waals surface area contributed by atoms with Crippen LogP contribution in [-0.4, -0.2) is 52.1 Å². The van der Waals surface area contributed by atoms with E-state index in [1.807, 2.05) is 39.8 Å². The number of hydrogen-bond acceptors (Lipinski definition) is 6. The van der Waals surface area contributed by atoms with Crippen molar-refractivity contribution in [1.29, 1.82) is 0 Å². The van der Waals surface area contributed by atoms with Gasteiger partial charge in [0.15, 0.2) is 0 Å². The minimum Gasteiger partial charge on any atom is -0.506 e. The fraction of sp³-hybridized carbons (Fsp3) is 0.533. The van der Waals surface area contributed by atoms with Crippen LogP contribution < -0.4 is 10.2 Å². The number of nitrogens with zero attached hydrogens (tertiary/aromatic N) is 3. The van der Waals surface area contributed by atoms with Crippen LogP contribution in [0.15, 0.2) is 40.2 Å². The van der Waals surface area contributed by atoms with Crippen molar-refractivity contribution in [2.24, 2.45) is 16.9 Å². The molecule has 2 aliphatic carbocycles. The third-order valence-electron chi connectivity index (χ3n) is 8.01. The maximum Gasteiger partial charge on any atom is 0.277 e. The first-order valence-corrected chi connectivity index (χ1v) is 13.7. The summed E-state index contributed by atoms with van der Waals surface area (Å²) in [4.78, 5) is 42.1. The second-order valence-electron chi connectivity index (χ2n) is 11.5. The van der Waals surface area contributed by atoms with E-state index in [1.165, 1.54) is 5.01 Å². The highest BCUT2D eigenvalue weighted by Crippen LogP contribution is 2.43. The summed E-state index contributed by atoms with van der Waals surface area (Å²) in [6.07, 6.45) is 4.38. The van der Waals surface area contributed by atoms with Gasteiger partial charge in [-0.2, -0.15) is 5.10 Å². The van der Waals surface area contributed by atoms with Gasteiger partial charge in [0.1, 0.15) is 5.76 Å². The molecule has 4 rings (SSSR count). The maximum absolute atomic E-state index is 13.5. The summed E-state index contributed by atoms with van der Waals surface area (Å²) in [6.45, 7) is 14.9. The van der Waals surface area contributed by atoms with Crippen LogP contribution in [0.5, 0.6) is 0 Å². The first-order chi connectivity index (χ1) is 17.9. The molecular formula is C30H40N4O4. The Kier molecular flexibility index (Phi) is 7.55. The summed E-state index contributed by atoms with van der Waals surface area (Å²) >= 11 is 0. The number of nitrogens with one attached hydrogen (secondary N) is 1. The highest BCUT2D eigenvalue weighted by molar-refractivity contribution is 6.44. The molecular weight excluding hydrogens is 480 g/mol. The third-order valence-corrected chi connectivity index (χ3v) is 8.01. The number of Topliss-reactive ketones (excluding diaryl/α,β-unsaturated/α-hetero) is 1. The lowest BCUT2D eigenvalue weighted by atomic mass is 9.79. The van der Waals surface area contributed by atoms with Crippen molar-refractivity contribution in [3.63, 3.8) is 0 Å². The van der Waals surface area contributed by atoms with Crippen LogP contribution >= 0.6 is 0 Å². The Bertz CT molecular complexity index is 1260. The number of carbonyl (C=O) groups excluding carboxylic acids is 3. The molecule has 38 heavy (non-hydrogen) atoms. The summed E-state index contributed by atoms with van der Waals surface area (Å²) in [7, 11) is 0. The van der Waals surface area contributed by atoms with E-state index in [1.54, 1.807) is 13.0 Å². The smallest absolute Gasteiger partial charge is 0.277 e. The molecule has 204 valence electrons. The van der Waals surface area contributed by atoms with Crippen LogP contribution in [0, 0.1) is 11.8 Å². The molecule has 8 nitrogen and oxygen atoms in total. The van der Waals surface area contributed by atoms with Crippen LogP contribution in [-0.2, 0) is 14.4 Å². The van der Waals surface area contributed by atoms with Gasteiger partial charge in [0.2, 0.25) is 11.7 Å². The second kappa shape index (κ2) is 10.4. The predicted molar refractivity (Wildman–Crippen MR) is 151 cm³/mol. The van der Waals surface area contributed by atoms with Gasteiger partial charge in [-0.3, -0.25) is 14.4 Å². The zero-order valence-corrected chi connectivity index (χ0v) is 23.6. The van der Waals surface area contributed by atoms with E-state index >= 15 is 0 Å². The largest absolute Gasteiger partial charge is 0.506 e. The molecule has 2 amide bonds. The number of rotatable bonds is 7. The SMILES string of the molecule is CCN(CC)c1ccc(C2=C(O)/C(=C3\C(=O)N(C(C)(C)C)N=C3C)C2=O)c(NC(=O)C(C)C2CCCC2)c1. The molecule has 0 saturated heterocycles. The van der Waals surface area contributed by atoms with E-state index in [2.05, 4.69) is 29.2 Å². The van der Waals surface area contributed by atoms with Crippen LogP contribution in [0.25, 0.3) is 5.57 Å². The van der Waals surface area contributed by atoms with Crippen LogP contribution in [0.2, 0.25) is 0 Å². The lowest BCUT2D eigenvalue weighted by Crippen LogP contribution is -2.40. The summed E-state index contributed by atoms with van der Waals surface area (Å²) in [5.41, 5.74) is 1.92. The molecule has 2 N–H and O–H groups in total. The van der Waals surface area contributed by atoms with Crippen molar-refractivity contribution in [3.8, 4) is 0 Å². The Balaban J connectivity index is 1.75. The quantitative estimate of drug-likeness (QED) is 0.465. The highest BCUT2D eigenvalue weighted by Gasteiger charge is 2.45. The van der Waals surface area contributed by atoms with E-state index in [0.717, 1.165) is 44.5 Å². The number of hydrogen-bond donors (Lipinski definition) is 2. The predicted octanol–water partition coefficient (Wildman–Crippen LogP) is 5.46. The van der Waals surface area contributed by atoms with E-state index in [4.69, 9.17) is 0 Å². The average molecular weight is 521 g/mol. The third kappa shape index (κ3) is 4.76. The van der Waals surface area contributed by atoms with Crippen molar-refractivity contribution in [3.05, 3.63) is 40.7 Å². The molecule has 0 spiro atoms. The van der Waals surface area contributed by atoms with Crippen molar-refractivity contribution in [2.75, 3.05) is 23.3 Å². The molecule has 1 aromatic rings. The number of aliphatic hydroxyl groups excluding tert-OH is 1. The Morgan fingerprint density at radius 1 is 1.13 bits per heavy atom. The molecule has 1 fully saturated rings. The molecule has 0 bridgehead atoms. The monoisotopic (exact) mass is 520 g/mol. The van der Waals surface area contributed by atoms with E-state index in [-0.39, 0.29) is 34.3 Å². The Morgan fingerprint density at radius 2 is 1.76 bits per heavy atom. The summed E-state index contributed by atoms with van der Waals surface area (Å²) in [5, 5.41) is 19.9. The lowest BCUT2D eigenvalue weighted by molar-refractivity contribution is -0.130. The number of anilines is 2. The van der Waals surface area contributed by atoms with Crippen molar-refractivity contribution in [1.82, 2.24) is 5.01 Å². The van der Waals surface area contributed by atoms with Crippen LogP contribution in [0.1, 0.15) is 79.7 Å². The van der Waals surface area contributed by atoms with Gasteiger partial charge in [0.05, 0.1) is 33.7 Å². The molecule has 0 radical (unpaired) electrons. The molecule has 1 aliphatic heterocycles. The first kappa shape index (κ1) is 27.6. The van der Waals surface area contributed by atoms with Gasteiger partial charge < -0.3 is 15.3 Å². The van der Waals surface area contributed by atoms with Gasteiger partial charge in [-0.25, -0.2) is 5.01 Å². The molecule has 1 aromatic carbocycles. The van der Waals surface area contributed by atoms with Gasteiger partial charge in [0.25, 0.3) is 5.91 Å². The van der Waals surface area contributed by atoms with Crippen LogP contribution in [0.3, 0.4) is 0 Å². The molecule has 1 unspecified atom stereocenters. The zero-order valence-electron chi connectivity index (χ0n) is 23.6. The highest BCUT2D eigenvalue weighted by atomic mass is 16.3. The lowest BCUT2D eigenvalue weighted by Gasteiger charge is -2.29. The van der Waals surface area contributed by atoms with E-state index in [9.17, 15) is 19.5 Å². The normalized spacial score (nSPS) is 21.1. The van der Waals surface area contributed by atoms with Gasteiger partial charge in [-0.05, 0) is 78.5 Å². The number of aliphatic hydroxyl groups is 1. The van der Waals surface area contributed by atoms with E-state index in [0.29, 0.717) is 22.9 Å². The number of amides is 2. The first-order valence-electron chi connectivity index (χ1n) is 13.7. The minimum absolute atomic E-state index is 0.0116. The zero-order chi connectivity index (χ0) is 27.9. The van der Waals surface area contributed by atoms with Crippen molar-refractivity contribution in [2.45, 2.75) is 79.7 Å². The molecule has 1 saturated carbocycles. The Hall–Kier alpha value is -3.42. The number of hydrazone groups is 1. The summed E-state index contributed by atoms with van der Waals surface area (Å²) in [5.74, 6) is -0.960. The van der Waals surface area contributed by atoms with E-state index < -0.39 is 17.2 Å². The fourth-order valence-electron chi connectivity index (χ4n) is 5.69. The van der Waals surface area contributed by atoms with Crippen molar-refractivity contribution < 1.29 is 19.5 Å². The van der Waals surface area contributed by atoms with Crippen LogP contribution in [0.4, 0.5) is 11.4 Å². The van der Waals surface area contributed by atoms with Crippen molar-refractivity contribution >= 4 is 40.3 Å². The van der Waals surface area contributed by atoms with Gasteiger partial charge in [-0.15, -0.1) is 0 Å². The molecule has 1 atom stereocenters. The standard InChI is InChI=1S/C30H40N4O4/c1-8-33(9-2)20-14-15-21(22(16-20)31-28(37)17(3)19-12-10-11-13-19)24-26(35)25(27(24)36)23-18(4)32-34(29(23)38)30(5,6)7/h14-17,19,35H,8-13H2,1-7H3,(H,31,37)/b25-23+. The number of benzene rings is 1. The van der Waals surface area contributed by atoms with Gasteiger partial charge in [0, 0.05) is 30.3 Å². The molecule has 8 heteroatoms. The molecule has 0 aromatic heterocycles. The fourth-order valence-corrected chi connectivity index (χ4v) is 5.69. The topological polar surface area (TPSA) is 102 Å². The molecule has 1 heterocycles. The minimum atomic E-state index is -0.566. The number of allylic oxidation sites excluding steroid dienone is 2. The molecule has 3 aliphatic rings. The maximum atomic E-state index is 13.5. The summed E-state index contributed by atoms with van der Waals surface area (Å²) in [6, 6.07) is 5.54. The second-order valence-corrected chi connectivity index (χ2v) is 11.5. The Labute approximate surface area is 225 Å². The number of ketones is 1. The van der Waals surface area contributed by atoms with Gasteiger partial charge >= 0.3 is 0 Å². The Morgan fingerprint density at radius 3 is 2.29 bits per heavy atom. The average Bonchev–Trinajstić information content (AvgIpc) is 3.50.